The molecule has 0 saturated carbocycles. The number of hydrogen-bond donors (Lipinski definition) is 2. The van der Waals surface area contributed by atoms with Gasteiger partial charge >= 0.3 is 6.18 Å². The number of rotatable bonds is 3. The van der Waals surface area contributed by atoms with E-state index < -0.39 is 24.2 Å². The molecule has 164 valence electrons. The van der Waals surface area contributed by atoms with Crippen molar-refractivity contribution in [3.8, 4) is 6.07 Å². The van der Waals surface area contributed by atoms with Crippen molar-refractivity contribution in [3.63, 3.8) is 0 Å². The maximum absolute atomic E-state index is 13.9. The molecule has 0 fully saturated rings. The summed E-state index contributed by atoms with van der Waals surface area (Å²) >= 11 is 12.2. The van der Waals surface area contributed by atoms with Crippen LogP contribution in [0.1, 0.15) is 40.1 Å². The first-order valence-corrected chi connectivity index (χ1v) is 10.1. The highest BCUT2D eigenvalue weighted by Gasteiger charge is 2.47. The van der Waals surface area contributed by atoms with Crippen molar-refractivity contribution in [2.45, 2.75) is 24.7 Å². The molecule has 0 aliphatic carbocycles. The first-order valence-electron chi connectivity index (χ1n) is 9.35. The van der Waals surface area contributed by atoms with Crippen molar-refractivity contribution < 1.29 is 18.0 Å². The largest absolute Gasteiger partial charge is 0.410 e. The van der Waals surface area contributed by atoms with Crippen molar-refractivity contribution >= 4 is 40.6 Å². The Kier molecular flexibility index (Phi) is 5.75. The van der Waals surface area contributed by atoms with Gasteiger partial charge in [0, 0.05) is 17.1 Å². The van der Waals surface area contributed by atoms with Gasteiger partial charge in [0.05, 0.1) is 17.7 Å². The van der Waals surface area contributed by atoms with Crippen LogP contribution in [0.2, 0.25) is 10.0 Å². The fourth-order valence-electron chi connectivity index (χ4n) is 3.47. The number of hydrogen-bond acceptors (Lipinski definition) is 4. The van der Waals surface area contributed by atoms with E-state index in [2.05, 4.69) is 15.7 Å². The third-order valence-electron chi connectivity index (χ3n) is 5.05. The molecule has 2 heterocycles. The molecule has 0 radical (unpaired) electrons. The van der Waals surface area contributed by atoms with Crippen molar-refractivity contribution in [1.29, 1.82) is 5.26 Å². The van der Waals surface area contributed by atoms with Crippen molar-refractivity contribution in [3.05, 3.63) is 75.4 Å². The van der Waals surface area contributed by atoms with Gasteiger partial charge in [-0.05, 0) is 42.0 Å². The van der Waals surface area contributed by atoms with E-state index in [9.17, 15) is 18.0 Å². The lowest BCUT2D eigenvalue weighted by atomic mass is 9.97. The Morgan fingerprint density at radius 1 is 1.16 bits per heavy atom. The molecule has 1 amide bonds. The maximum atomic E-state index is 13.9. The minimum absolute atomic E-state index is 0.0924. The number of carbonyl (C=O) groups excluding carboxylic acids is 1. The number of fused-ring (bicyclic) bond motifs is 1. The Morgan fingerprint density at radius 2 is 1.81 bits per heavy atom. The Bertz CT molecular complexity index is 1200. The lowest BCUT2D eigenvalue weighted by Crippen LogP contribution is -2.35. The number of nitrogens with one attached hydrogen (secondary N) is 2. The molecule has 0 spiro atoms. The average Bonchev–Trinajstić information content (AvgIpc) is 3.10. The fraction of sp³-hybridized carbons (Fsp3) is 0.190. The summed E-state index contributed by atoms with van der Waals surface area (Å²) < 4.78 is 42.3. The second-order valence-corrected chi connectivity index (χ2v) is 7.96. The van der Waals surface area contributed by atoms with Crippen LogP contribution in [0.15, 0.2) is 48.5 Å². The third kappa shape index (κ3) is 4.24. The monoisotopic (exact) mass is 479 g/mol. The van der Waals surface area contributed by atoms with Crippen LogP contribution in [0.5, 0.6) is 0 Å². The molecular weight excluding hydrogens is 466 g/mol. The summed E-state index contributed by atoms with van der Waals surface area (Å²) in [6, 6.07) is 11.7. The maximum Gasteiger partial charge on any atom is 0.410 e. The first-order chi connectivity index (χ1) is 15.2. The Hall–Kier alpha value is -3.22. The smallest absolute Gasteiger partial charge is 0.362 e. The van der Waals surface area contributed by atoms with Gasteiger partial charge in [-0.3, -0.25) is 4.79 Å². The summed E-state index contributed by atoms with van der Waals surface area (Å²) in [5.41, 5.74) is 0.986. The number of anilines is 2. The minimum Gasteiger partial charge on any atom is -0.362 e. The molecule has 2 unspecified atom stereocenters. The molecule has 0 saturated heterocycles. The highest BCUT2D eigenvalue weighted by Crippen LogP contribution is 2.46. The van der Waals surface area contributed by atoms with Crippen molar-refractivity contribution in [2.75, 3.05) is 10.6 Å². The number of nitriles is 1. The molecule has 0 bridgehead atoms. The van der Waals surface area contributed by atoms with Gasteiger partial charge in [-0.2, -0.15) is 23.5 Å². The van der Waals surface area contributed by atoms with E-state index in [0.29, 0.717) is 26.5 Å². The topological polar surface area (TPSA) is 82.7 Å². The zero-order chi connectivity index (χ0) is 23.0. The quantitative estimate of drug-likeness (QED) is 0.484. The van der Waals surface area contributed by atoms with Gasteiger partial charge in [-0.25, -0.2) is 4.68 Å². The standard InChI is InChI=1S/C21H14Cl2F3N5O/c22-13-5-3-12(4-6-13)15-9-16(21(24,25)26)31-19(29-15)17(23)18(30-31)20(32)28-14-7-1-11(10-27)2-8-14/h1-8,15-16,29H,9H2,(H,28,32). The van der Waals surface area contributed by atoms with Crippen LogP contribution < -0.4 is 10.6 Å². The number of carbonyl (C=O) groups is 1. The second-order valence-electron chi connectivity index (χ2n) is 7.14. The van der Waals surface area contributed by atoms with E-state index in [-0.39, 0.29) is 23.0 Å². The van der Waals surface area contributed by atoms with E-state index in [1.54, 1.807) is 24.3 Å². The minimum atomic E-state index is -4.61. The summed E-state index contributed by atoms with van der Waals surface area (Å²) in [7, 11) is 0. The number of aromatic nitrogens is 2. The van der Waals surface area contributed by atoms with Crippen molar-refractivity contribution in [2.24, 2.45) is 0 Å². The van der Waals surface area contributed by atoms with Gasteiger partial charge in [-0.1, -0.05) is 35.3 Å². The number of nitrogens with zero attached hydrogens (tertiary/aromatic N) is 3. The third-order valence-corrected chi connectivity index (χ3v) is 5.66. The summed E-state index contributed by atoms with van der Waals surface area (Å²) in [5, 5.41) is 18.5. The molecular formula is C21H14Cl2F3N5O. The summed E-state index contributed by atoms with van der Waals surface area (Å²) in [6.45, 7) is 0. The second kappa shape index (κ2) is 8.37. The summed E-state index contributed by atoms with van der Waals surface area (Å²) in [4.78, 5) is 12.7. The normalized spacial score (nSPS) is 17.8. The van der Waals surface area contributed by atoms with Crippen LogP contribution in [-0.4, -0.2) is 21.9 Å². The van der Waals surface area contributed by atoms with Crippen LogP contribution in [0.4, 0.5) is 24.7 Å². The van der Waals surface area contributed by atoms with Crippen LogP contribution >= 0.6 is 23.2 Å². The predicted molar refractivity (Wildman–Crippen MR) is 114 cm³/mol. The number of halogens is 5. The molecule has 2 atom stereocenters. The zero-order valence-electron chi connectivity index (χ0n) is 16.1. The zero-order valence-corrected chi connectivity index (χ0v) is 17.6. The van der Waals surface area contributed by atoms with Gasteiger partial charge in [0.25, 0.3) is 5.91 Å². The highest BCUT2D eigenvalue weighted by atomic mass is 35.5. The molecule has 1 aromatic heterocycles. The molecule has 3 aromatic rings. The van der Waals surface area contributed by atoms with Crippen LogP contribution in [0.3, 0.4) is 0 Å². The van der Waals surface area contributed by atoms with Gasteiger partial charge in [-0.15, -0.1) is 0 Å². The van der Waals surface area contributed by atoms with E-state index >= 15 is 0 Å². The van der Waals surface area contributed by atoms with Gasteiger partial charge in [0.2, 0.25) is 0 Å². The van der Waals surface area contributed by atoms with Gasteiger partial charge < -0.3 is 10.6 Å². The van der Waals surface area contributed by atoms with Crippen molar-refractivity contribution in [1.82, 2.24) is 9.78 Å². The Balaban J connectivity index is 1.67. The number of benzene rings is 2. The predicted octanol–water partition coefficient (Wildman–Crippen LogP) is 5.97. The summed E-state index contributed by atoms with van der Waals surface area (Å²) in [6.07, 6.45) is -4.95. The SMILES string of the molecule is N#Cc1ccc(NC(=O)c2nn3c(c2Cl)NC(c2ccc(Cl)cc2)CC3C(F)(F)F)cc1. The molecule has 2 N–H and O–H groups in total. The van der Waals surface area contributed by atoms with E-state index in [1.165, 1.54) is 24.3 Å². The molecule has 1 aliphatic rings. The van der Waals surface area contributed by atoms with Gasteiger partial charge in [0.15, 0.2) is 11.7 Å². The fourth-order valence-corrected chi connectivity index (χ4v) is 3.86. The molecule has 6 nitrogen and oxygen atoms in total. The highest BCUT2D eigenvalue weighted by molar-refractivity contribution is 6.36. The average molecular weight is 480 g/mol. The van der Waals surface area contributed by atoms with E-state index in [0.717, 1.165) is 0 Å². The van der Waals surface area contributed by atoms with E-state index in [4.69, 9.17) is 28.5 Å². The Morgan fingerprint density at radius 3 is 2.41 bits per heavy atom. The number of amides is 1. The van der Waals surface area contributed by atoms with E-state index in [1.807, 2.05) is 6.07 Å². The van der Waals surface area contributed by atoms with Gasteiger partial charge in [0.1, 0.15) is 10.8 Å². The van der Waals surface area contributed by atoms with Crippen LogP contribution in [-0.2, 0) is 0 Å². The lowest BCUT2D eigenvalue weighted by molar-refractivity contribution is -0.173. The van der Waals surface area contributed by atoms with Crippen LogP contribution in [0.25, 0.3) is 0 Å². The molecule has 32 heavy (non-hydrogen) atoms. The Labute approximate surface area is 190 Å². The summed E-state index contributed by atoms with van der Waals surface area (Å²) in [5.74, 6) is -0.863. The first kappa shape index (κ1) is 22.0. The molecule has 2 aromatic carbocycles. The molecule has 4 rings (SSSR count). The lowest BCUT2D eigenvalue weighted by Gasteiger charge is -2.33. The molecule has 11 heteroatoms. The van der Waals surface area contributed by atoms with Crippen LogP contribution in [0, 0.1) is 11.3 Å². The number of alkyl halides is 3. The molecule has 1 aliphatic heterocycles.